The quantitative estimate of drug-likeness (QED) is 0.500. The van der Waals surface area contributed by atoms with E-state index in [0.717, 1.165) is 5.56 Å². The SMILES string of the molecule is COc1ccc(C)cc1NC(=O)CNC(=O)COC(=O)c1ccc(Cn2cccn2)o1. The predicted octanol–water partition coefficient (Wildman–Crippen LogP) is 1.75. The van der Waals surface area contributed by atoms with E-state index in [1.165, 1.54) is 13.2 Å². The van der Waals surface area contributed by atoms with Crippen LogP contribution in [0.4, 0.5) is 5.69 Å². The third kappa shape index (κ3) is 6.20. The van der Waals surface area contributed by atoms with E-state index in [1.807, 2.05) is 13.0 Å². The van der Waals surface area contributed by atoms with Gasteiger partial charge in [0.05, 0.1) is 25.9 Å². The molecule has 0 aliphatic carbocycles. The van der Waals surface area contributed by atoms with E-state index in [9.17, 15) is 14.4 Å². The molecule has 0 saturated carbocycles. The number of nitrogens with zero attached hydrogens (tertiary/aromatic N) is 2. The molecule has 2 N–H and O–H groups in total. The third-order valence-corrected chi connectivity index (χ3v) is 4.15. The molecule has 0 radical (unpaired) electrons. The van der Waals surface area contributed by atoms with Crippen molar-refractivity contribution < 1.29 is 28.3 Å². The first kappa shape index (κ1) is 21.6. The highest BCUT2D eigenvalue weighted by atomic mass is 16.5. The van der Waals surface area contributed by atoms with E-state index < -0.39 is 24.4 Å². The monoisotopic (exact) mass is 426 g/mol. The van der Waals surface area contributed by atoms with Crippen LogP contribution in [0.3, 0.4) is 0 Å². The maximum atomic E-state index is 12.1. The topological polar surface area (TPSA) is 125 Å². The fraction of sp³-hybridized carbons (Fsp3) is 0.238. The Bertz CT molecular complexity index is 1060. The average molecular weight is 426 g/mol. The molecule has 0 fully saturated rings. The van der Waals surface area contributed by atoms with Gasteiger partial charge in [0.1, 0.15) is 11.5 Å². The number of carbonyl (C=O) groups excluding carboxylic acids is 3. The van der Waals surface area contributed by atoms with Gasteiger partial charge in [-0.05, 0) is 42.8 Å². The summed E-state index contributed by atoms with van der Waals surface area (Å²) in [5, 5.41) is 9.09. The number of esters is 1. The number of ether oxygens (including phenoxy) is 2. The zero-order valence-electron chi connectivity index (χ0n) is 17.1. The molecule has 2 aromatic heterocycles. The van der Waals surface area contributed by atoms with Crippen molar-refractivity contribution in [1.29, 1.82) is 0 Å². The van der Waals surface area contributed by atoms with Gasteiger partial charge in [-0.15, -0.1) is 0 Å². The molecule has 2 heterocycles. The summed E-state index contributed by atoms with van der Waals surface area (Å²) in [6.45, 7) is 1.41. The lowest BCUT2D eigenvalue weighted by atomic mass is 10.2. The molecule has 0 unspecified atom stereocenters. The normalized spacial score (nSPS) is 10.4. The van der Waals surface area contributed by atoms with Gasteiger partial charge in [0.2, 0.25) is 11.7 Å². The number of aryl methyl sites for hydroxylation is 1. The van der Waals surface area contributed by atoms with Crippen LogP contribution in [0.1, 0.15) is 21.9 Å². The molecule has 0 bridgehead atoms. The molecule has 0 atom stereocenters. The van der Waals surface area contributed by atoms with Crippen molar-refractivity contribution >= 4 is 23.5 Å². The van der Waals surface area contributed by atoms with Crippen LogP contribution in [-0.2, 0) is 20.9 Å². The third-order valence-electron chi connectivity index (χ3n) is 4.15. The van der Waals surface area contributed by atoms with Gasteiger partial charge in [-0.25, -0.2) is 4.79 Å². The molecule has 0 saturated heterocycles. The van der Waals surface area contributed by atoms with Crippen LogP contribution < -0.4 is 15.4 Å². The van der Waals surface area contributed by atoms with Crippen molar-refractivity contribution in [1.82, 2.24) is 15.1 Å². The van der Waals surface area contributed by atoms with Crippen LogP contribution in [0.2, 0.25) is 0 Å². The lowest BCUT2D eigenvalue weighted by Crippen LogP contribution is -2.35. The van der Waals surface area contributed by atoms with Gasteiger partial charge in [-0.1, -0.05) is 6.07 Å². The van der Waals surface area contributed by atoms with Crippen molar-refractivity contribution in [3.05, 3.63) is 65.9 Å². The van der Waals surface area contributed by atoms with E-state index in [0.29, 0.717) is 23.7 Å². The van der Waals surface area contributed by atoms with Crippen LogP contribution in [0.25, 0.3) is 0 Å². The van der Waals surface area contributed by atoms with Gasteiger partial charge in [0.25, 0.3) is 5.91 Å². The van der Waals surface area contributed by atoms with Crippen molar-refractivity contribution in [3.63, 3.8) is 0 Å². The van der Waals surface area contributed by atoms with Crippen LogP contribution in [0, 0.1) is 6.92 Å². The Morgan fingerprint density at radius 3 is 2.74 bits per heavy atom. The first-order valence-electron chi connectivity index (χ1n) is 9.39. The highest BCUT2D eigenvalue weighted by Crippen LogP contribution is 2.24. The van der Waals surface area contributed by atoms with E-state index >= 15 is 0 Å². The Kier molecular flexibility index (Phi) is 7.05. The highest BCUT2D eigenvalue weighted by molar-refractivity contribution is 5.96. The summed E-state index contributed by atoms with van der Waals surface area (Å²) in [4.78, 5) is 36.0. The first-order chi connectivity index (χ1) is 14.9. The van der Waals surface area contributed by atoms with E-state index in [2.05, 4.69) is 15.7 Å². The minimum Gasteiger partial charge on any atom is -0.495 e. The number of anilines is 1. The molecule has 0 spiro atoms. The second kappa shape index (κ2) is 10.1. The zero-order chi connectivity index (χ0) is 22.2. The molecular weight excluding hydrogens is 404 g/mol. The lowest BCUT2D eigenvalue weighted by Gasteiger charge is -2.11. The Labute approximate surface area is 178 Å². The molecule has 3 rings (SSSR count). The second-order valence-electron chi connectivity index (χ2n) is 6.57. The van der Waals surface area contributed by atoms with E-state index in [4.69, 9.17) is 13.9 Å². The molecule has 0 aliphatic heterocycles. The van der Waals surface area contributed by atoms with Gasteiger partial charge < -0.3 is 24.5 Å². The number of aromatic nitrogens is 2. The number of rotatable bonds is 9. The summed E-state index contributed by atoms with van der Waals surface area (Å²) >= 11 is 0. The number of hydrogen-bond donors (Lipinski definition) is 2. The summed E-state index contributed by atoms with van der Waals surface area (Å²) in [6.07, 6.45) is 3.39. The number of nitrogens with one attached hydrogen (secondary N) is 2. The van der Waals surface area contributed by atoms with Crippen molar-refractivity contribution in [2.75, 3.05) is 25.6 Å². The van der Waals surface area contributed by atoms with Crippen molar-refractivity contribution in [2.24, 2.45) is 0 Å². The fourth-order valence-electron chi connectivity index (χ4n) is 2.67. The molecule has 31 heavy (non-hydrogen) atoms. The molecular formula is C21H22N4O6. The smallest absolute Gasteiger partial charge is 0.374 e. The van der Waals surface area contributed by atoms with Crippen LogP contribution in [0.15, 0.2) is 53.2 Å². The average Bonchev–Trinajstić information content (AvgIpc) is 3.43. The Balaban J connectivity index is 1.42. The van der Waals surface area contributed by atoms with Gasteiger partial charge in [-0.3, -0.25) is 14.3 Å². The van der Waals surface area contributed by atoms with E-state index in [-0.39, 0.29) is 12.3 Å². The largest absolute Gasteiger partial charge is 0.495 e. The maximum absolute atomic E-state index is 12.1. The predicted molar refractivity (Wildman–Crippen MR) is 110 cm³/mol. The lowest BCUT2D eigenvalue weighted by molar-refractivity contribution is -0.126. The second-order valence-corrected chi connectivity index (χ2v) is 6.57. The van der Waals surface area contributed by atoms with Gasteiger partial charge in [-0.2, -0.15) is 5.10 Å². The number of amides is 2. The van der Waals surface area contributed by atoms with Crippen LogP contribution >= 0.6 is 0 Å². The summed E-state index contributed by atoms with van der Waals surface area (Å²) in [6, 6.07) is 10.2. The molecule has 3 aromatic rings. The zero-order valence-corrected chi connectivity index (χ0v) is 17.1. The first-order valence-corrected chi connectivity index (χ1v) is 9.39. The summed E-state index contributed by atoms with van der Waals surface area (Å²) in [5.41, 5.74) is 1.44. The van der Waals surface area contributed by atoms with Crippen molar-refractivity contribution in [3.8, 4) is 5.75 Å². The molecule has 10 nitrogen and oxygen atoms in total. The standard InChI is InChI=1S/C21H22N4O6/c1-14-4-6-17(29-2)16(10-14)24-19(26)11-22-20(27)13-30-21(28)18-7-5-15(31-18)12-25-9-3-8-23-25/h3-10H,11-13H2,1-2H3,(H,22,27)(H,24,26). The van der Waals surface area contributed by atoms with Crippen LogP contribution in [0.5, 0.6) is 5.75 Å². The highest BCUT2D eigenvalue weighted by Gasteiger charge is 2.16. The molecule has 162 valence electrons. The van der Waals surface area contributed by atoms with Gasteiger partial charge in [0.15, 0.2) is 6.61 Å². The Morgan fingerprint density at radius 2 is 2.00 bits per heavy atom. The van der Waals surface area contributed by atoms with Gasteiger partial charge >= 0.3 is 5.97 Å². The van der Waals surface area contributed by atoms with Crippen LogP contribution in [-0.4, -0.2) is 47.8 Å². The summed E-state index contributed by atoms with van der Waals surface area (Å²) < 4.78 is 17.2. The molecule has 1 aromatic carbocycles. The maximum Gasteiger partial charge on any atom is 0.374 e. The van der Waals surface area contributed by atoms with Crippen molar-refractivity contribution in [2.45, 2.75) is 13.5 Å². The molecule has 0 aliphatic rings. The number of benzene rings is 1. The minimum atomic E-state index is -0.782. The number of carbonyl (C=O) groups is 3. The Morgan fingerprint density at radius 1 is 1.16 bits per heavy atom. The fourth-order valence-corrected chi connectivity index (χ4v) is 2.67. The Hall–Kier alpha value is -4.08. The van der Waals surface area contributed by atoms with Gasteiger partial charge in [0, 0.05) is 12.4 Å². The van der Waals surface area contributed by atoms with E-state index in [1.54, 1.807) is 41.3 Å². The summed E-state index contributed by atoms with van der Waals surface area (Å²) in [5.74, 6) is -0.858. The summed E-state index contributed by atoms with van der Waals surface area (Å²) in [7, 11) is 1.50. The number of hydrogen-bond acceptors (Lipinski definition) is 7. The molecule has 10 heteroatoms. The number of methoxy groups -OCH3 is 1. The minimum absolute atomic E-state index is 0.0285. The number of furan rings is 1. The molecule has 2 amide bonds.